The van der Waals surface area contributed by atoms with Crippen molar-refractivity contribution in [2.75, 3.05) is 0 Å². The minimum Gasteiger partial charge on any atom is -0.332 e. The van der Waals surface area contributed by atoms with E-state index in [1.807, 2.05) is 24.3 Å². The van der Waals surface area contributed by atoms with Crippen LogP contribution in [0.25, 0.3) is 22.5 Å². The van der Waals surface area contributed by atoms with E-state index in [2.05, 4.69) is 65.6 Å². The second kappa shape index (κ2) is 8.25. The summed E-state index contributed by atoms with van der Waals surface area (Å²) < 4.78 is 0. The summed E-state index contributed by atoms with van der Waals surface area (Å²) in [5.41, 5.74) is 12.5. The molecule has 134 valence electrons. The molecule has 4 aromatic rings. The van der Waals surface area contributed by atoms with Crippen LogP contribution in [0, 0.1) is 0 Å². The van der Waals surface area contributed by atoms with Gasteiger partial charge in [-0.3, -0.25) is 0 Å². The van der Waals surface area contributed by atoms with Crippen LogP contribution >= 0.6 is 11.8 Å². The maximum Gasteiger partial charge on any atom is 0.166 e. The van der Waals surface area contributed by atoms with Gasteiger partial charge in [-0.2, -0.15) is 0 Å². The highest BCUT2D eigenvalue weighted by atomic mass is 32.2. The van der Waals surface area contributed by atoms with Gasteiger partial charge in [-0.1, -0.05) is 96.7 Å². The SMILES string of the molecule is NCc1cccc(CSc2nc(-c3ccccc3)c(-c3ccccc3)[nH]2)c1. The molecule has 0 bridgehead atoms. The van der Waals surface area contributed by atoms with E-state index in [1.165, 1.54) is 5.56 Å². The normalized spacial score (nSPS) is 10.9. The molecule has 27 heavy (non-hydrogen) atoms. The van der Waals surface area contributed by atoms with Crippen LogP contribution in [-0.4, -0.2) is 9.97 Å². The maximum atomic E-state index is 5.75. The fourth-order valence-electron chi connectivity index (χ4n) is 3.04. The number of imidazole rings is 1. The molecule has 1 aromatic heterocycles. The molecule has 0 saturated carbocycles. The molecule has 3 nitrogen and oxygen atoms in total. The van der Waals surface area contributed by atoms with Crippen LogP contribution in [0.3, 0.4) is 0 Å². The van der Waals surface area contributed by atoms with Gasteiger partial charge in [0.25, 0.3) is 0 Å². The molecule has 3 N–H and O–H groups in total. The summed E-state index contributed by atoms with van der Waals surface area (Å²) in [5.74, 6) is 0.851. The van der Waals surface area contributed by atoms with Crippen LogP contribution < -0.4 is 5.73 Å². The van der Waals surface area contributed by atoms with Crippen LogP contribution in [0.5, 0.6) is 0 Å². The van der Waals surface area contributed by atoms with E-state index in [9.17, 15) is 0 Å². The Hall–Kier alpha value is -2.82. The van der Waals surface area contributed by atoms with Crippen molar-refractivity contribution in [3.8, 4) is 22.5 Å². The lowest BCUT2D eigenvalue weighted by Crippen LogP contribution is -1.96. The molecule has 0 saturated heterocycles. The third kappa shape index (κ3) is 4.13. The summed E-state index contributed by atoms with van der Waals surface area (Å²) in [6.07, 6.45) is 0. The third-order valence-electron chi connectivity index (χ3n) is 4.39. The summed E-state index contributed by atoms with van der Waals surface area (Å²) in [6.45, 7) is 0.565. The number of nitrogens with zero attached hydrogens (tertiary/aromatic N) is 1. The van der Waals surface area contributed by atoms with Gasteiger partial charge in [0.2, 0.25) is 0 Å². The molecule has 0 aliphatic carbocycles. The Bertz CT molecular complexity index is 953. The van der Waals surface area contributed by atoms with Crippen LogP contribution in [0.15, 0.2) is 90.1 Å². The molecular weight excluding hydrogens is 350 g/mol. The first-order valence-corrected chi connectivity index (χ1v) is 9.93. The van der Waals surface area contributed by atoms with Gasteiger partial charge in [0.1, 0.15) is 0 Å². The van der Waals surface area contributed by atoms with Crippen molar-refractivity contribution in [1.82, 2.24) is 9.97 Å². The second-order valence-corrected chi connectivity index (χ2v) is 7.27. The Labute approximate surface area is 163 Å². The first kappa shape index (κ1) is 17.6. The number of nitrogens with one attached hydrogen (secondary N) is 1. The van der Waals surface area contributed by atoms with E-state index in [0.29, 0.717) is 6.54 Å². The molecular formula is C23H21N3S. The van der Waals surface area contributed by atoms with Gasteiger partial charge in [0.05, 0.1) is 11.4 Å². The summed E-state index contributed by atoms with van der Waals surface area (Å²) in [7, 11) is 0. The Kier molecular flexibility index (Phi) is 5.37. The van der Waals surface area contributed by atoms with Gasteiger partial charge in [0, 0.05) is 23.4 Å². The predicted molar refractivity (Wildman–Crippen MR) is 113 cm³/mol. The third-order valence-corrected chi connectivity index (χ3v) is 5.34. The number of nitrogens with two attached hydrogens (primary N) is 1. The fraction of sp³-hybridized carbons (Fsp3) is 0.0870. The van der Waals surface area contributed by atoms with Crippen LogP contribution in [0.4, 0.5) is 0 Å². The quantitative estimate of drug-likeness (QED) is 0.440. The fourth-order valence-corrected chi connectivity index (χ4v) is 3.85. The highest BCUT2D eigenvalue weighted by Gasteiger charge is 2.14. The van der Waals surface area contributed by atoms with Crippen molar-refractivity contribution < 1.29 is 0 Å². The van der Waals surface area contributed by atoms with E-state index in [1.54, 1.807) is 11.8 Å². The molecule has 0 unspecified atom stereocenters. The lowest BCUT2D eigenvalue weighted by molar-refractivity contribution is 1.05. The van der Waals surface area contributed by atoms with Crippen molar-refractivity contribution in [3.63, 3.8) is 0 Å². The van der Waals surface area contributed by atoms with Gasteiger partial charge >= 0.3 is 0 Å². The highest BCUT2D eigenvalue weighted by molar-refractivity contribution is 7.98. The first-order valence-electron chi connectivity index (χ1n) is 8.95. The Morgan fingerprint density at radius 1 is 0.778 bits per heavy atom. The first-order chi connectivity index (χ1) is 13.3. The number of benzene rings is 3. The van der Waals surface area contributed by atoms with E-state index in [4.69, 9.17) is 10.7 Å². The molecule has 0 spiro atoms. The minimum atomic E-state index is 0.565. The number of hydrogen-bond acceptors (Lipinski definition) is 3. The van der Waals surface area contributed by atoms with Crippen molar-refractivity contribution in [3.05, 3.63) is 96.1 Å². The lowest BCUT2D eigenvalue weighted by atomic mass is 10.1. The smallest absolute Gasteiger partial charge is 0.166 e. The zero-order valence-electron chi connectivity index (χ0n) is 14.9. The zero-order chi connectivity index (χ0) is 18.5. The second-order valence-electron chi connectivity index (χ2n) is 6.31. The molecule has 4 rings (SSSR count). The Morgan fingerprint density at radius 3 is 2.15 bits per heavy atom. The molecule has 3 aromatic carbocycles. The van der Waals surface area contributed by atoms with E-state index >= 15 is 0 Å². The van der Waals surface area contributed by atoms with Gasteiger partial charge in [0.15, 0.2) is 5.16 Å². The number of H-pyrrole nitrogens is 1. The summed E-state index contributed by atoms with van der Waals surface area (Å²) in [4.78, 5) is 8.42. The summed E-state index contributed by atoms with van der Waals surface area (Å²) in [5, 5.41) is 0.922. The van der Waals surface area contributed by atoms with Gasteiger partial charge in [-0.15, -0.1) is 0 Å². The molecule has 1 heterocycles. The Morgan fingerprint density at radius 2 is 1.44 bits per heavy atom. The Balaban J connectivity index is 1.65. The molecule has 0 atom stereocenters. The average molecular weight is 372 g/mol. The van der Waals surface area contributed by atoms with Crippen LogP contribution in [-0.2, 0) is 12.3 Å². The number of aromatic amines is 1. The molecule has 4 heteroatoms. The predicted octanol–water partition coefficient (Wildman–Crippen LogP) is 5.49. The molecule has 0 aliphatic rings. The van der Waals surface area contributed by atoms with Crippen molar-refractivity contribution >= 4 is 11.8 Å². The largest absolute Gasteiger partial charge is 0.332 e. The van der Waals surface area contributed by atoms with E-state index in [0.717, 1.165) is 39.0 Å². The van der Waals surface area contributed by atoms with Crippen molar-refractivity contribution in [2.45, 2.75) is 17.5 Å². The van der Waals surface area contributed by atoms with Crippen LogP contribution in [0.1, 0.15) is 11.1 Å². The van der Waals surface area contributed by atoms with Crippen LogP contribution in [0.2, 0.25) is 0 Å². The summed E-state index contributed by atoms with van der Waals surface area (Å²) in [6, 6.07) is 29.1. The standard InChI is InChI=1S/C23H21N3S/c24-15-17-8-7-9-18(14-17)16-27-23-25-21(19-10-3-1-4-11-19)22(26-23)20-12-5-2-6-13-20/h1-14H,15-16,24H2,(H,25,26). The monoisotopic (exact) mass is 371 g/mol. The number of rotatable bonds is 6. The van der Waals surface area contributed by atoms with Crippen molar-refractivity contribution in [2.24, 2.45) is 5.73 Å². The summed E-state index contributed by atoms with van der Waals surface area (Å²) >= 11 is 1.71. The number of aromatic nitrogens is 2. The number of thioether (sulfide) groups is 1. The van der Waals surface area contributed by atoms with E-state index in [-0.39, 0.29) is 0 Å². The van der Waals surface area contributed by atoms with Gasteiger partial charge in [-0.05, 0) is 11.1 Å². The maximum absolute atomic E-state index is 5.75. The highest BCUT2D eigenvalue weighted by Crippen LogP contribution is 2.33. The van der Waals surface area contributed by atoms with Gasteiger partial charge in [-0.25, -0.2) is 4.98 Å². The van der Waals surface area contributed by atoms with E-state index < -0.39 is 0 Å². The minimum absolute atomic E-state index is 0.565. The number of hydrogen-bond donors (Lipinski definition) is 2. The van der Waals surface area contributed by atoms with Crippen molar-refractivity contribution in [1.29, 1.82) is 0 Å². The molecule has 0 radical (unpaired) electrons. The molecule has 0 fully saturated rings. The topological polar surface area (TPSA) is 54.7 Å². The molecule has 0 aliphatic heterocycles. The van der Waals surface area contributed by atoms with Gasteiger partial charge < -0.3 is 10.7 Å². The molecule has 0 amide bonds. The zero-order valence-corrected chi connectivity index (χ0v) is 15.7. The lowest BCUT2D eigenvalue weighted by Gasteiger charge is -2.02. The average Bonchev–Trinajstić information content (AvgIpc) is 3.18.